The normalized spacial score (nSPS) is 15.9. The van der Waals surface area contributed by atoms with E-state index in [-0.39, 0.29) is 11.9 Å². The summed E-state index contributed by atoms with van der Waals surface area (Å²) in [7, 11) is 1.94. The Balaban J connectivity index is 1.61. The molecule has 1 amide bonds. The lowest BCUT2D eigenvalue weighted by atomic mass is 10.1. The van der Waals surface area contributed by atoms with Gasteiger partial charge in [0.15, 0.2) is 0 Å². The number of hydrogen-bond acceptors (Lipinski definition) is 2. The molecule has 26 heavy (non-hydrogen) atoms. The van der Waals surface area contributed by atoms with E-state index in [0.29, 0.717) is 0 Å². The summed E-state index contributed by atoms with van der Waals surface area (Å²) in [6.45, 7) is 4.98. The molecule has 1 aliphatic carbocycles. The number of carbonyl (C=O) groups excluding carboxylic acids is 1. The third-order valence-electron chi connectivity index (χ3n) is 5.59. The topological polar surface area (TPSA) is 25.2 Å². The summed E-state index contributed by atoms with van der Waals surface area (Å²) in [5, 5.41) is 2.10. The van der Waals surface area contributed by atoms with Gasteiger partial charge in [0.1, 0.15) is 0 Å². The number of carbonyl (C=O) groups is 1. The first-order chi connectivity index (χ1) is 12.6. The molecule has 2 aromatic heterocycles. The van der Waals surface area contributed by atoms with Crippen molar-refractivity contribution < 1.29 is 4.79 Å². The number of fused-ring (bicyclic) bond motifs is 1. The smallest absolute Gasteiger partial charge is 0.255 e. The van der Waals surface area contributed by atoms with Gasteiger partial charge in [-0.2, -0.15) is 0 Å². The fraction of sp³-hybridized carbons (Fsp3) is 0.318. The van der Waals surface area contributed by atoms with Crippen LogP contribution in [0.2, 0.25) is 0 Å². The van der Waals surface area contributed by atoms with Gasteiger partial charge in [-0.3, -0.25) is 4.79 Å². The second-order valence-corrected chi connectivity index (χ2v) is 8.15. The monoisotopic (exact) mass is 364 g/mol. The predicted molar refractivity (Wildman–Crippen MR) is 107 cm³/mol. The maximum atomic E-state index is 13.2. The second-order valence-electron chi connectivity index (χ2n) is 7.12. The fourth-order valence-electron chi connectivity index (χ4n) is 4.09. The lowest BCUT2D eigenvalue weighted by Crippen LogP contribution is -2.30. The van der Waals surface area contributed by atoms with Crippen molar-refractivity contribution in [3.63, 3.8) is 0 Å². The van der Waals surface area contributed by atoms with Crippen LogP contribution in [0.5, 0.6) is 0 Å². The minimum atomic E-state index is 0.122. The highest BCUT2D eigenvalue weighted by atomic mass is 32.1. The van der Waals surface area contributed by atoms with Crippen LogP contribution >= 0.6 is 11.3 Å². The number of hydrogen-bond donors (Lipinski definition) is 0. The number of aryl methyl sites for hydroxylation is 2. The molecule has 3 aromatic rings. The zero-order valence-electron chi connectivity index (χ0n) is 15.5. The van der Waals surface area contributed by atoms with Gasteiger partial charge in [-0.05, 0) is 55.3 Å². The van der Waals surface area contributed by atoms with E-state index in [4.69, 9.17) is 0 Å². The van der Waals surface area contributed by atoms with E-state index in [1.807, 2.05) is 18.0 Å². The number of amides is 1. The molecule has 1 aromatic carbocycles. The Labute approximate surface area is 158 Å². The van der Waals surface area contributed by atoms with Crippen molar-refractivity contribution in [2.24, 2.45) is 0 Å². The van der Waals surface area contributed by atoms with Crippen LogP contribution in [0.4, 0.5) is 0 Å². The SMILES string of the molecule is Cc1cc(C(=O)N(C)C2CCc3ccccc32)c(C)n1Cc1cccs1. The van der Waals surface area contributed by atoms with Gasteiger partial charge < -0.3 is 9.47 Å². The number of aromatic nitrogens is 1. The molecule has 4 heteroatoms. The molecule has 1 aliphatic rings. The lowest BCUT2D eigenvalue weighted by Gasteiger charge is -2.25. The maximum Gasteiger partial charge on any atom is 0.255 e. The Hall–Kier alpha value is -2.33. The van der Waals surface area contributed by atoms with Crippen molar-refractivity contribution in [2.45, 2.75) is 39.3 Å². The van der Waals surface area contributed by atoms with Crippen LogP contribution in [-0.2, 0) is 13.0 Å². The highest BCUT2D eigenvalue weighted by Gasteiger charge is 2.30. The van der Waals surface area contributed by atoms with Crippen LogP contribution in [0.15, 0.2) is 47.8 Å². The van der Waals surface area contributed by atoms with Gasteiger partial charge in [0.2, 0.25) is 0 Å². The first kappa shape index (κ1) is 17.1. The summed E-state index contributed by atoms with van der Waals surface area (Å²) in [4.78, 5) is 16.5. The van der Waals surface area contributed by atoms with Crippen LogP contribution in [0, 0.1) is 13.8 Å². The zero-order chi connectivity index (χ0) is 18.3. The van der Waals surface area contributed by atoms with Crippen molar-refractivity contribution in [3.05, 3.63) is 80.8 Å². The minimum Gasteiger partial charge on any atom is -0.343 e. The van der Waals surface area contributed by atoms with E-state index < -0.39 is 0 Å². The average molecular weight is 365 g/mol. The molecular formula is C22H24N2OS. The molecule has 134 valence electrons. The largest absolute Gasteiger partial charge is 0.343 e. The number of thiophene rings is 1. The molecular weight excluding hydrogens is 340 g/mol. The van der Waals surface area contributed by atoms with E-state index in [1.54, 1.807) is 11.3 Å². The van der Waals surface area contributed by atoms with E-state index >= 15 is 0 Å². The van der Waals surface area contributed by atoms with Crippen LogP contribution in [0.3, 0.4) is 0 Å². The third kappa shape index (κ3) is 2.88. The van der Waals surface area contributed by atoms with Crippen LogP contribution < -0.4 is 0 Å². The second kappa shape index (κ2) is 6.76. The fourth-order valence-corrected chi connectivity index (χ4v) is 4.78. The Bertz CT molecular complexity index is 939. The summed E-state index contributed by atoms with van der Waals surface area (Å²) in [5.74, 6) is 0.122. The zero-order valence-corrected chi connectivity index (χ0v) is 16.3. The van der Waals surface area contributed by atoms with Crippen LogP contribution in [-0.4, -0.2) is 22.4 Å². The van der Waals surface area contributed by atoms with Crippen LogP contribution in [0.1, 0.15) is 50.2 Å². The Kier molecular flexibility index (Phi) is 4.45. The average Bonchev–Trinajstić information content (AvgIpc) is 3.36. The number of rotatable bonds is 4. The predicted octanol–water partition coefficient (Wildman–Crippen LogP) is 4.97. The first-order valence-corrected chi connectivity index (χ1v) is 9.98. The summed E-state index contributed by atoms with van der Waals surface area (Å²) < 4.78 is 2.25. The van der Waals surface area contributed by atoms with Crippen molar-refractivity contribution >= 4 is 17.2 Å². The van der Waals surface area contributed by atoms with Gasteiger partial charge in [0.25, 0.3) is 5.91 Å². The molecule has 0 saturated heterocycles. The molecule has 1 unspecified atom stereocenters. The minimum absolute atomic E-state index is 0.122. The first-order valence-electron chi connectivity index (χ1n) is 9.10. The summed E-state index contributed by atoms with van der Waals surface area (Å²) >= 11 is 1.76. The van der Waals surface area contributed by atoms with Crippen molar-refractivity contribution in [1.29, 1.82) is 0 Å². The van der Waals surface area contributed by atoms with Gasteiger partial charge >= 0.3 is 0 Å². The van der Waals surface area contributed by atoms with E-state index in [9.17, 15) is 4.79 Å². The summed E-state index contributed by atoms with van der Waals surface area (Å²) in [6.07, 6.45) is 2.06. The molecule has 0 saturated carbocycles. The summed E-state index contributed by atoms with van der Waals surface area (Å²) in [5.41, 5.74) is 5.69. The molecule has 4 rings (SSSR count). The van der Waals surface area contributed by atoms with Gasteiger partial charge in [0.05, 0.1) is 18.2 Å². The maximum absolute atomic E-state index is 13.2. The standard InChI is InChI=1S/C22H24N2OS/c1-15-13-20(16(2)24(15)14-18-8-6-12-26-18)22(25)23(3)21-11-10-17-7-4-5-9-19(17)21/h4-9,12-13,21H,10-11,14H2,1-3H3. The van der Waals surface area contributed by atoms with Gasteiger partial charge in [-0.25, -0.2) is 0 Å². The van der Waals surface area contributed by atoms with Crippen LogP contribution in [0.25, 0.3) is 0 Å². The molecule has 0 N–H and O–H groups in total. The highest BCUT2D eigenvalue weighted by molar-refractivity contribution is 7.09. The van der Waals surface area contributed by atoms with Gasteiger partial charge in [-0.1, -0.05) is 30.3 Å². The third-order valence-corrected chi connectivity index (χ3v) is 6.45. The Morgan fingerprint density at radius 3 is 2.81 bits per heavy atom. The molecule has 0 bridgehead atoms. The van der Waals surface area contributed by atoms with E-state index in [1.165, 1.54) is 16.0 Å². The lowest BCUT2D eigenvalue weighted by molar-refractivity contribution is 0.0729. The highest BCUT2D eigenvalue weighted by Crippen LogP contribution is 2.36. The number of nitrogens with zero attached hydrogens (tertiary/aromatic N) is 2. The number of benzene rings is 1. The molecule has 3 nitrogen and oxygen atoms in total. The molecule has 0 spiro atoms. The van der Waals surface area contributed by atoms with Crippen molar-refractivity contribution in [3.8, 4) is 0 Å². The van der Waals surface area contributed by atoms with Crippen molar-refractivity contribution in [2.75, 3.05) is 7.05 Å². The quantitative estimate of drug-likeness (QED) is 0.641. The molecule has 2 heterocycles. The summed E-state index contributed by atoms with van der Waals surface area (Å²) in [6, 6.07) is 14.9. The van der Waals surface area contributed by atoms with Gasteiger partial charge in [-0.15, -0.1) is 11.3 Å². The van der Waals surface area contributed by atoms with E-state index in [2.05, 4.69) is 60.2 Å². The van der Waals surface area contributed by atoms with Gasteiger partial charge in [0, 0.05) is 23.3 Å². The Morgan fingerprint density at radius 1 is 1.23 bits per heavy atom. The van der Waals surface area contributed by atoms with E-state index in [0.717, 1.165) is 36.3 Å². The molecule has 0 fully saturated rings. The van der Waals surface area contributed by atoms with Crippen molar-refractivity contribution in [1.82, 2.24) is 9.47 Å². The molecule has 0 radical (unpaired) electrons. The Morgan fingerprint density at radius 2 is 2.04 bits per heavy atom. The molecule has 0 aliphatic heterocycles. The molecule has 1 atom stereocenters.